The molecule has 7 nitrogen and oxygen atoms in total. The zero-order valence-corrected chi connectivity index (χ0v) is 14.7. The van der Waals surface area contributed by atoms with Gasteiger partial charge in [-0.15, -0.1) is 0 Å². The highest BCUT2D eigenvalue weighted by molar-refractivity contribution is 6.07. The molecule has 1 N–H and O–H groups in total. The first kappa shape index (κ1) is 17.7. The third-order valence-electron chi connectivity index (χ3n) is 4.43. The number of methoxy groups -OCH3 is 1. The van der Waals surface area contributed by atoms with Crippen molar-refractivity contribution >= 4 is 17.9 Å². The van der Waals surface area contributed by atoms with E-state index in [0.29, 0.717) is 12.2 Å². The first-order valence-corrected chi connectivity index (χ1v) is 8.38. The number of benzene rings is 1. The number of urea groups is 1. The van der Waals surface area contributed by atoms with Crippen LogP contribution in [0.2, 0.25) is 0 Å². The lowest BCUT2D eigenvalue weighted by Crippen LogP contribution is -2.43. The van der Waals surface area contributed by atoms with Gasteiger partial charge in [-0.05, 0) is 24.1 Å². The molecule has 0 bridgehead atoms. The summed E-state index contributed by atoms with van der Waals surface area (Å²) in [7, 11) is 1.25. The van der Waals surface area contributed by atoms with E-state index in [-0.39, 0.29) is 18.2 Å². The highest BCUT2D eigenvalue weighted by atomic mass is 16.5. The fraction of sp³-hybridized carbons (Fsp3) is 0.316. The van der Waals surface area contributed by atoms with E-state index in [2.05, 4.69) is 10.1 Å². The minimum atomic E-state index is -1.08. The van der Waals surface area contributed by atoms with Crippen molar-refractivity contribution < 1.29 is 23.5 Å². The van der Waals surface area contributed by atoms with E-state index in [1.807, 2.05) is 37.3 Å². The summed E-state index contributed by atoms with van der Waals surface area (Å²) in [5.74, 6) is -0.587. The standard InChI is InChI=1S/C19H20N2O5/c1-3-11-19(13-7-5-4-6-8-13)17(23)21(18(24)20-19)12-14-9-10-15(26-14)16(22)25-2/h4-10H,3,11-12H2,1-2H3,(H,20,24). The Hall–Kier alpha value is -3.09. The third kappa shape index (κ3) is 2.96. The van der Waals surface area contributed by atoms with E-state index in [1.54, 1.807) is 6.07 Å². The number of nitrogens with zero attached hydrogens (tertiary/aromatic N) is 1. The number of ether oxygens (including phenoxy) is 1. The molecule has 7 heteroatoms. The number of amides is 3. The van der Waals surface area contributed by atoms with E-state index in [9.17, 15) is 14.4 Å². The molecular weight excluding hydrogens is 336 g/mol. The van der Waals surface area contributed by atoms with Crippen LogP contribution in [0.3, 0.4) is 0 Å². The van der Waals surface area contributed by atoms with Gasteiger partial charge in [0.05, 0.1) is 13.7 Å². The van der Waals surface area contributed by atoms with Gasteiger partial charge in [0.15, 0.2) is 0 Å². The van der Waals surface area contributed by atoms with Crippen LogP contribution in [0.25, 0.3) is 0 Å². The van der Waals surface area contributed by atoms with Crippen molar-refractivity contribution in [3.8, 4) is 0 Å². The zero-order valence-electron chi connectivity index (χ0n) is 14.7. The minimum Gasteiger partial charge on any atom is -0.463 e. The predicted octanol–water partition coefficient (Wildman–Crippen LogP) is 2.81. The molecule has 1 aromatic heterocycles. The molecule has 0 aliphatic carbocycles. The Morgan fingerprint density at radius 1 is 1.19 bits per heavy atom. The number of esters is 1. The van der Waals surface area contributed by atoms with Gasteiger partial charge in [0.1, 0.15) is 11.3 Å². The molecule has 26 heavy (non-hydrogen) atoms. The quantitative estimate of drug-likeness (QED) is 0.635. The van der Waals surface area contributed by atoms with Gasteiger partial charge in [0, 0.05) is 0 Å². The van der Waals surface area contributed by atoms with Gasteiger partial charge in [-0.2, -0.15) is 0 Å². The number of carbonyl (C=O) groups is 3. The normalized spacial score (nSPS) is 19.5. The molecule has 3 amide bonds. The Balaban J connectivity index is 1.88. The first-order chi connectivity index (χ1) is 12.5. The lowest BCUT2D eigenvalue weighted by Gasteiger charge is -2.26. The zero-order chi connectivity index (χ0) is 18.7. The van der Waals surface area contributed by atoms with Crippen molar-refractivity contribution in [2.45, 2.75) is 31.8 Å². The summed E-state index contributed by atoms with van der Waals surface area (Å²) >= 11 is 0. The third-order valence-corrected chi connectivity index (χ3v) is 4.43. The van der Waals surface area contributed by atoms with E-state index < -0.39 is 17.5 Å². The Morgan fingerprint density at radius 3 is 2.58 bits per heavy atom. The molecule has 1 saturated heterocycles. The molecule has 2 heterocycles. The van der Waals surface area contributed by atoms with E-state index in [0.717, 1.165) is 16.9 Å². The number of rotatable bonds is 6. The second-order valence-corrected chi connectivity index (χ2v) is 6.10. The average molecular weight is 356 g/mol. The van der Waals surface area contributed by atoms with E-state index in [1.165, 1.54) is 13.2 Å². The highest BCUT2D eigenvalue weighted by Gasteiger charge is 2.51. The molecule has 0 radical (unpaired) electrons. The molecule has 1 aromatic carbocycles. The Labute approximate surface area is 150 Å². The molecule has 1 fully saturated rings. The van der Waals surface area contributed by atoms with Crippen LogP contribution < -0.4 is 5.32 Å². The maximum Gasteiger partial charge on any atom is 0.373 e. The summed E-state index contributed by atoms with van der Waals surface area (Å²) < 4.78 is 9.97. The second-order valence-electron chi connectivity index (χ2n) is 6.10. The number of imide groups is 1. The summed E-state index contributed by atoms with van der Waals surface area (Å²) in [4.78, 5) is 38.3. The van der Waals surface area contributed by atoms with Crippen LogP contribution >= 0.6 is 0 Å². The number of carbonyl (C=O) groups excluding carboxylic acids is 3. The molecule has 1 unspecified atom stereocenters. The molecule has 2 aromatic rings. The molecule has 136 valence electrons. The summed E-state index contributed by atoms with van der Waals surface area (Å²) in [6.07, 6.45) is 1.21. The lowest BCUT2D eigenvalue weighted by molar-refractivity contribution is -0.132. The molecule has 1 atom stereocenters. The number of hydrogen-bond donors (Lipinski definition) is 1. The molecular formula is C19H20N2O5. The van der Waals surface area contributed by atoms with E-state index in [4.69, 9.17) is 4.42 Å². The summed E-state index contributed by atoms with van der Waals surface area (Å²) in [6.45, 7) is 1.90. The van der Waals surface area contributed by atoms with E-state index >= 15 is 0 Å². The van der Waals surface area contributed by atoms with Crippen molar-refractivity contribution in [2.75, 3.05) is 7.11 Å². The van der Waals surface area contributed by atoms with Gasteiger partial charge in [0.2, 0.25) is 5.76 Å². The first-order valence-electron chi connectivity index (χ1n) is 8.38. The van der Waals surface area contributed by atoms with Crippen molar-refractivity contribution in [1.82, 2.24) is 10.2 Å². The largest absolute Gasteiger partial charge is 0.463 e. The van der Waals surface area contributed by atoms with Gasteiger partial charge in [-0.25, -0.2) is 9.59 Å². The maximum absolute atomic E-state index is 13.1. The fourth-order valence-corrected chi connectivity index (χ4v) is 3.21. The lowest BCUT2D eigenvalue weighted by atomic mass is 9.85. The Bertz CT molecular complexity index is 829. The van der Waals surface area contributed by atoms with Crippen LogP contribution in [-0.4, -0.2) is 29.9 Å². The van der Waals surface area contributed by atoms with Crippen LogP contribution in [0.5, 0.6) is 0 Å². The maximum atomic E-state index is 13.1. The number of furan rings is 1. The van der Waals surface area contributed by atoms with Crippen LogP contribution in [0.15, 0.2) is 46.9 Å². The minimum absolute atomic E-state index is 0.0254. The van der Waals surface area contributed by atoms with Gasteiger partial charge < -0.3 is 14.5 Å². The summed E-state index contributed by atoms with van der Waals surface area (Å²) in [6, 6.07) is 11.7. The fourth-order valence-electron chi connectivity index (χ4n) is 3.21. The van der Waals surface area contributed by atoms with Gasteiger partial charge in [0.25, 0.3) is 5.91 Å². The van der Waals surface area contributed by atoms with Gasteiger partial charge in [-0.3, -0.25) is 9.69 Å². The number of hydrogen-bond acceptors (Lipinski definition) is 5. The average Bonchev–Trinajstić information content (AvgIpc) is 3.22. The van der Waals surface area contributed by atoms with Gasteiger partial charge >= 0.3 is 12.0 Å². The topological polar surface area (TPSA) is 88.8 Å². The van der Waals surface area contributed by atoms with Gasteiger partial charge in [-0.1, -0.05) is 43.7 Å². The molecule has 0 saturated carbocycles. The summed E-state index contributed by atoms with van der Waals surface area (Å²) in [5.41, 5.74) is -0.331. The van der Waals surface area contributed by atoms with Crippen molar-refractivity contribution in [3.05, 3.63) is 59.5 Å². The number of nitrogens with one attached hydrogen (secondary N) is 1. The molecule has 0 spiro atoms. The highest BCUT2D eigenvalue weighted by Crippen LogP contribution is 2.34. The molecule has 1 aliphatic heterocycles. The van der Waals surface area contributed by atoms with Crippen LogP contribution in [0, 0.1) is 0 Å². The van der Waals surface area contributed by atoms with Crippen LogP contribution in [-0.2, 0) is 21.6 Å². The van der Waals surface area contributed by atoms with Crippen molar-refractivity contribution in [3.63, 3.8) is 0 Å². The van der Waals surface area contributed by atoms with Crippen LogP contribution in [0.1, 0.15) is 41.6 Å². The predicted molar refractivity (Wildman–Crippen MR) is 92.2 cm³/mol. The smallest absolute Gasteiger partial charge is 0.373 e. The van der Waals surface area contributed by atoms with Crippen molar-refractivity contribution in [2.24, 2.45) is 0 Å². The molecule has 3 rings (SSSR count). The Morgan fingerprint density at radius 2 is 1.92 bits per heavy atom. The van der Waals surface area contributed by atoms with Crippen LogP contribution in [0.4, 0.5) is 4.79 Å². The van der Waals surface area contributed by atoms with Crippen molar-refractivity contribution in [1.29, 1.82) is 0 Å². The monoisotopic (exact) mass is 356 g/mol. The SMILES string of the molecule is CCCC1(c2ccccc2)NC(=O)N(Cc2ccc(C(=O)OC)o2)C1=O. The second kappa shape index (κ2) is 7.03. The Kier molecular flexibility index (Phi) is 4.79. The summed E-state index contributed by atoms with van der Waals surface area (Å²) in [5, 5.41) is 2.85. The molecule has 1 aliphatic rings.